The van der Waals surface area contributed by atoms with Crippen molar-refractivity contribution in [2.45, 2.75) is 12.8 Å². The summed E-state index contributed by atoms with van der Waals surface area (Å²) in [7, 11) is 0. The van der Waals surface area contributed by atoms with Crippen LogP contribution in [0.25, 0.3) is 22.2 Å². The minimum atomic E-state index is -0.475. The number of para-hydroxylation sites is 1. The monoisotopic (exact) mass is 374 g/mol. The van der Waals surface area contributed by atoms with Gasteiger partial charge in [0.15, 0.2) is 16.3 Å². The Kier molecular flexibility index (Phi) is 3.65. The van der Waals surface area contributed by atoms with Gasteiger partial charge in [0.25, 0.3) is 5.91 Å². The molecule has 0 saturated heterocycles. The van der Waals surface area contributed by atoms with E-state index in [0.717, 1.165) is 29.0 Å². The quantitative estimate of drug-likeness (QED) is 0.569. The predicted octanol–water partition coefficient (Wildman–Crippen LogP) is 4.27. The fourth-order valence-corrected chi connectivity index (χ4v) is 4.35. The molecule has 6 heteroatoms. The van der Waals surface area contributed by atoms with Crippen molar-refractivity contribution < 1.29 is 9.21 Å². The molecule has 0 saturated carbocycles. The Morgan fingerprint density at radius 3 is 2.81 bits per heavy atom. The number of amides is 1. The second kappa shape index (κ2) is 6.17. The normalized spacial score (nSPS) is 12.4. The third-order valence-corrected chi connectivity index (χ3v) is 5.70. The summed E-state index contributed by atoms with van der Waals surface area (Å²) >= 11 is 1.47. The number of hydrogen-bond donors (Lipinski definition) is 1. The van der Waals surface area contributed by atoms with Gasteiger partial charge in [-0.3, -0.25) is 14.9 Å². The summed E-state index contributed by atoms with van der Waals surface area (Å²) in [6, 6.07) is 16.3. The lowest BCUT2D eigenvalue weighted by Gasteiger charge is -2.13. The van der Waals surface area contributed by atoms with Crippen LogP contribution >= 0.6 is 11.3 Å². The average molecular weight is 374 g/mol. The van der Waals surface area contributed by atoms with Crippen LogP contribution in [0, 0.1) is 0 Å². The SMILES string of the molecule is O=C(Nc1nc2c(s1)CCc1ccccc1-2)c1cc(=O)c2ccccc2o1. The highest BCUT2D eigenvalue weighted by Gasteiger charge is 2.22. The van der Waals surface area contributed by atoms with Gasteiger partial charge in [0.05, 0.1) is 11.1 Å². The molecule has 0 spiro atoms. The Hall–Kier alpha value is -3.25. The number of hydrogen-bond acceptors (Lipinski definition) is 5. The number of nitrogens with zero attached hydrogens (tertiary/aromatic N) is 1. The molecule has 0 aliphatic heterocycles. The molecule has 0 radical (unpaired) electrons. The van der Waals surface area contributed by atoms with Crippen molar-refractivity contribution in [2.24, 2.45) is 0 Å². The van der Waals surface area contributed by atoms with Crippen molar-refractivity contribution in [3.8, 4) is 11.3 Å². The summed E-state index contributed by atoms with van der Waals surface area (Å²) in [5.41, 5.74) is 3.47. The van der Waals surface area contributed by atoms with Crippen LogP contribution in [0.15, 0.2) is 63.8 Å². The van der Waals surface area contributed by atoms with Gasteiger partial charge in [0.2, 0.25) is 0 Å². The maximum atomic E-state index is 12.6. The van der Waals surface area contributed by atoms with Crippen molar-refractivity contribution in [1.82, 2.24) is 4.98 Å². The fourth-order valence-electron chi connectivity index (χ4n) is 3.38. The molecule has 5 nitrogen and oxygen atoms in total. The molecular formula is C21H14N2O3S. The van der Waals surface area contributed by atoms with Gasteiger partial charge in [0.1, 0.15) is 5.58 Å². The first kappa shape index (κ1) is 16.0. The summed E-state index contributed by atoms with van der Waals surface area (Å²) in [6.07, 6.45) is 1.88. The summed E-state index contributed by atoms with van der Waals surface area (Å²) in [6.45, 7) is 0. The second-order valence-corrected chi connectivity index (χ2v) is 7.46. The number of carbonyl (C=O) groups is 1. The van der Waals surface area contributed by atoms with Gasteiger partial charge in [0, 0.05) is 16.5 Å². The zero-order chi connectivity index (χ0) is 18.4. The van der Waals surface area contributed by atoms with Gasteiger partial charge >= 0.3 is 0 Å². The molecule has 0 bridgehead atoms. The standard InChI is InChI=1S/C21H14N2O3S/c24-15-11-17(26-16-8-4-3-7-14(15)16)20(25)23-21-22-19-13-6-2-1-5-12(13)9-10-18(19)27-21/h1-8,11H,9-10H2,(H,22,23,25). The Morgan fingerprint density at radius 1 is 1.07 bits per heavy atom. The van der Waals surface area contributed by atoms with Gasteiger partial charge in [-0.25, -0.2) is 4.98 Å². The van der Waals surface area contributed by atoms with Gasteiger partial charge in [-0.15, -0.1) is 11.3 Å². The third-order valence-electron chi connectivity index (χ3n) is 4.67. The van der Waals surface area contributed by atoms with E-state index in [2.05, 4.69) is 22.4 Å². The number of fused-ring (bicyclic) bond motifs is 4. The number of benzene rings is 2. The van der Waals surface area contributed by atoms with E-state index in [1.165, 1.54) is 23.0 Å². The molecular weight excluding hydrogens is 360 g/mol. The van der Waals surface area contributed by atoms with E-state index in [1.807, 2.05) is 12.1 Å². The Balaban J connectivity index is 1.48. The molecule has 2 aromatic carbocycles. The van der Waals surface area contributed by atoms with Crippen molar-refractivity contribution >= 4 is 33.3 Å². The molecule has 2 aromatic heterocycles. The smallest absolute Gasteiger partial charge is 0.293 e. The Bertz CT molecular complexity index is 1260. The molecule has 0 fully saturated rings. The van der Waals surface area contributed by atoms with E-state index in [4.69, 9.17) is 4.42 Å². The first-order valence-electron chi connectivity index (χ1n) is 8.61. The average Bonchev–Trinajstić information content (AvgIpc) is 3.11. The number of rotatable bonds is 2. The highest BCUT2D eigenvalue weighted by Crippen LogP contribution is 2.38. The molecule has 1 N–H and O–H groups in total. The molecule has 2 heterocycles. The van der Waals surface area contributed by atoms with E-state index in [1.54, 1.807) is 24.3 Å². The van der Waals surface area contributed by atoms with E-state index in [9.17, 15) is 9.59 Å². The van der Waals surface area contributed by atoms with Crippen LogP contribution < -0.4 is 10.7 Å². The zero-order valence-electron chi connectivity index (χ0n) is 14.2. The number of aromatic nitrogens is 1. The molecule has 1 aliphatic carbocycles. The van der Waals surface area contributed by atoms with Crippen molar-refractivity contribution in [3.05, 3.63) is 81.0 Å². The number of aryl methyl sites for hydroxylation is 2. The lowest BCUT2D eigenvalue weighted by molar-refractivity contribution is 0.0997. The number of nitrogens with one attached hydrogen (secondary N) is 1. The minimum Gasteiger partial charge on any atom is -0.451 e. The van der Waals surface area contributed by atoms with Gasteiger partial charge < -0.3 is 4.42 Å². The molecule has 5 rings (SSSR count). The van der Waals surface area contributed by atoms with E-state index >= 15 is 0 Å². The summed E-state index contributed by atoms with van der Waals surface area (Å²) in [5, 5.41) is 3.74. The molecule has 0 unspecified atom stereocenters. The van der Waals surface area contributed by atoms with E-state index in [0.29, 0.717) is 16.1 Å². The van der Waals surface area contributed by atoms with Crippen molar-refractivity contribution in [2.75, 3.05) is 5.32 Å². The van der Waals surface area contributed by atoms with Crippen LogP contribution in [0.3, 0.4) is 0 Å². The van der Waals surface area contributed by atoms with Crippen LogP contribution in [0.4, 0.5) is 5.13 Å². The van der Waals surface area contributed by atoms with E-state index < -0.39 is 5.91 Å². The Morgan fingerprint density at radius 2 is 1.89 bits per heavy atom. The molecule has 1 aliphatic rings. The molecule has 0 atom stereocenters. The van der Waals surface area contributed by atoms with Crippen molar-refractivity contribution in [1.29, 1.82) is 0 Å². The van der Waals surface area contributed by atoms with Crippen LogP contribution in [-0.2, 0) is 12.8 Å². The summed E-state index contributed by atoms with van der Waals surface area (Å²) in [4.78, 5) is 30.6. The topological polar surface area (TPSA) is 72.2 Å². The highest BCUT2D eigenvalue weighted by molar-refractivity contribution is 7.16. The number of thiazole rings is 1. The maximum absolute atomic E-state index is 12.6. The first-order valence-corrected chi connectivity index (χ1v) is 9.43. The maximum Gasteiger partial charge on any atom is 0.293 e. The van der Waals surface area contributed by atoms with Crippen molar-refractivity contribution in [3.63, 3.8) is 0 Å². The highest BCUT2D eigenvalue weighted by atomic mass is 32.1. The van der Waals surface area contributed by atoms with Gasteiger partial charge in [-0.05, 0) is 30.5 Å². The summed E-state index contributed by atoms with van der Waals surface area (Å²) < 4.78 is 5.60. The molecule has 1 amide bonds. The lowest BCUT2D eigenvalue weighted by Crippen LogP contribution is -2.14. The summed E-state index contributed by atoms with van der Waals surface area (Å²) in [5.74, 6) is -0.496. The third kappa shape index (κ3) is 2.74. The van der Waals surface area contributed by atoms with Crippen LogP contribution in [0.1, 0.15) is 21.0 Å². The zero-order valence-corrected chi connectivity index (χ0v) is 15.0. The molecule has 4 aromatic rings. The van der Waals surface area contributed by atoms with Crippen LogP contribution in [-0.4, -0.2) is 10.9 Å². The Labute approximate surface area is 158 Å². The molecule has 27 heavy (non-hydrogen) atoms. The predicted molar refractivity (Wildman–Crippen MR) is 105 cm³/mol. The number of carbonyl (C=O) groups excluding carboxylic acids is 1. The minimum absolute atomic E-state index is 0.0210. The first-order chi connectivity index (χ1) is 13.2. The van der Waals surface area contributed by atoms with Crippen LogP contribution in [0.2, 0.25) is 0 Å². The largest absolute Gasteiger partial charge is 0.451 e. The van der Waals surface area contributed by atoms with E-state index in [-0.39, 0.29) is 11.2 Å². The lowest BCUT2D eigenvalue weighted by atomic mass is 9.94. The van der Waals surface area contributed by atoms with Crippen LogP contribution in [0.5, 0.6) is 0 Å². The molecule has 132 valence electrons. The van der Waals surface area contributed by atoms with Gasteiger partial charge in [-0.2, -0.15) is 0 Å². The van der Waals surface area contributed by atoms with Gasteiger partial charge in [-0.1, -0.05) is 36.4 Å². The second-order valence-electron chi connectivity index (χ2n) is 6.37. The number of anilines is 1. The fraction of sp³-hybridized carbons (Fsp3) is 0.0952.